The third-order valence-electron chi connectivity index (χ3n) is 8.15. The molecule has 3 aromatic carbocycles. The van der Waals surface area contributed by atoms with E-state index < -0.39 is 56.8 Å². The van der Waals surface area contributed by atoms with Gasteiger partial charge in [0.05, 0.1) is 27.4 Å². The summed E-state index contributed by atoms with van der Waals surface area (Å²) in [6.45, 7) is 8.97. The fourth-order valence-corrected chi connectivity index (χ4v) is 8.64. The van der Waals surface area contributed by atoms with E-state index in [4.69, 9.17) is 28.4 Å². The second-order valence-electron chi connectivity index (χ2n) is 12.3. The molecule has 0 amide bonds. The minimum atomic E-state index is -2.06. The first-order valence-electron chi connectivity index (χ1n) is 14.8. The smallest absolute Gasteiger partial charge is 0.186 e. The van der Waals surface area contributed by atoms with Crippen LogP contribution in [0.25, 0.3) is 0 Å². The largest absolute Gasteiger partial charge is 0.391 e. The van der Waals surface area contributed by atoms with Gasteiger partial charge in [0.25, 0.3) is 0 Å². The summed E-state index contributed by atoms with van der Waals surface area (Å²) in [5.41, 5.74) is 2.03. The second kappa shape index (κ2) is 13.5. The highest BCUT2D eigenvalue weighted by atomic mass is 28.3. The van der Waals surface area contributed by atoms with Crippen molar-refractivity contribution >= 4 is 13.3 Å². The third kappa shape index (κ3) is 7.38. The number of ether oxygens (including phenoxy) is 6. The van der Waals surface area contributed by atoms with Crippen molar-refractivity contribution in [1.29, 1.82) is 0 Å². The molecule has 8 heteroatoms. The van der Waals surface area contributed by atoms with E-state index in [-0.39, 0.29) is 0 Å². The van der Waals surface area contributed by atoms with Crippen LogP contribution in [0.15, 0.2) is 91.0 Å². The molecule has 42 heavy (non-hydrogen) atoms. The molecule has 7 nitrogen and oxygen atoms in total. The molecule has 2 saturated heterocycles. The summed E-state index contributed by atoms with van der Waals surface area (Å²) in [4.78, 5) is 0. The summed E-state index contributed by atoms with van der Waals surface area (Å²) in [5, 5.41) is 13.3. The maximum Gasteiger partial charge on any atom is 0.186 e. The Morgan fingerprint density at radius 1 is 0.786 bits per heavy atom. The Labute approximate surface area is 250 Å². The molecule has 0 spiro atoms. The van der Waals surface area contributed by atoms with Crippen molar-refractivity contribution in [3.63, 3.8) is 0 Å². The van der Waals surface area contributed by atoms with Crippen molar-refractivity contribution in [1.82, 2.24) is 0 Å². The first-order chi connectivity index (χ1) is 20.2. The Balaban J connectivity index is 1.48. The lowest BCUT2D eigenvalue weighted by atomic mass is 9.98. The van der Waals surface area contributed by atoms with Gasteiger partial charge in [0.2, 0.25) is 0 Å². The number of aliphatic hydroxyl groups excluding tert-OH is 1. The number of methoxy groups -OCH3 is 1. The van der Waals surface area contributed by atoms with Crippen LogP contribution < -0.4 is 5.19 Å². The van der Waals surface area contributed by atoms with Gasteiger partial charge in [-0.15, -0.1) is 0 Å². The Kier molecular flexibility index (Phi) is 9.97. The molecule has 3 aromatic rings. The highest BCUT2D eigenvalue weighted by Gasteiger charge is 2.59. The van der Waals surface area contributed by atoms with Gasteiger partial charge in [-0.3, -0.25) is 0 Å². The quantitative estimate of drug-likeness (QED) is 0.279. The Hall–Kier alpha value is -2.40. The van der Waals surface area contributed by atoms with Crippen LogP contribution in [0.1, 0.15) is 25.0 Å². The Morgan fingerprint density at radius 3 is 1.88 bits per heavy atom. The Morgan fingerprint density at radius 2 is 1.31 bits per heavy atom. The van der Waals surface area contributed by atoms with E-state index >= 15 is 0 Å². The Bertz CT molecular complexity index is 1240. The van der Waals surface area contributed by atoms with Gasteiger partial charge in [-0.05, 0) is 31.0 Å². The monoisotopic (exact) mass is 592 g/mol. The molecule has 0 aromatic heterocycles. The fourth-order valence-electron chi connectivity index (χ4n) is 6.03. The average molecular weight is 593 g/mol. The van der Waals surface area contributed by atoms with Crippen LogP contribution in [-0.4, -0.2) is 69.0 Å². The van der Waals surface area contributed by atoms with Crippen molar-refractivity contribution in [2.45, 2.75) is 94.9 Å². The van der Waals surface area contributed by atoms with Crippen LogP contribution in [0, 0.1) is 0 Å². The van der Waals surface area contributed by atoms with Gasteiger partial charge in [0, 0.05) is 7.11 Å². The maximum absolute atomic E-state index is 12.0. The van der Waals surface area contributed by atoms with Gasteiger partial charge >= 0.3 is 0 Å². The van der Waals surface area contributed by atoms with E-state index in [0.29, 0.717) is 19.3 Å². The molecule has 2 fully saturated rings. The zero-order chi connectivity index (χ0) is 29.7. The van der Waals surface area contributed by atoms with Crippen LogP contribution >= 0.6 is 0 Å². The molecular weight excluding hydrogens is 548 g/mol. The molecule has 1 N–H and O–H groups in total. The molecule has 2 aliphatic heterocycles. The molecule has 5 rings (SSSR count). The molecule has 0 bridgehead atoms. The summed E-state index contributed by atoms with van der Waals surface area (Å²) in [6.07, 6.45) is -4.32. The molecule has 0 aliphatic carbocycles. The van der Waals surface area contributed by atoms with Crippen molar-refractivity contribution in [3.05, 3.63) is 102 Å². The minimum absolute atomic E-state index is 0.318. The van der Waals surface area contributed by atoms with Crippen LogP contribution in [0.5, 0.6) is 0 Å². The van der Waals surface area contributed by atoms with Crippen molar-refractivity contribution < 1.29 is 33.5 Å². The van der Waals surface area contributed by atoms with Gasteiger partial charge in [-0.25, -0.2) is 0 Å². The predicted octanol–water partition coefficient (Wildman–Crippen LogP) is 5.03. The number of hydrogen-bond acceptors (Lipinski definition) is 7. The molecular formula is C34H44O7Si. The maximum atomic E-state index is 12.0. The van der Waals surface area contributed by atoms with Gasteiger partial charge in [0.1, 0.15) is 30.5 Å². The van der Waals surface area contributed by atoms with Crippen molar-refractivity contribution in [2.24, 2.45) is 0 Å². The fraction of sp³-hybridized carbons (Fsp3) is 0.471. The lowest BCUT2D eigenvalue weighted by Crippen LogP contribution is -2.54. The van der Waals surface area contributed by atoms with E-state index in [0.717, 1.165) is 11.1 Å². The van der Waals surface area contributed by atoms with Crippen LogP contribution in [0.2, 0.25) is 19.1 Å². The van der Waals surface area contributed by atoms with E-state index in [9.17, 15) is 5.11 Å². The van der Waals surface area contributed by atoms with Crippen molar-refractivity contribution in [2.75, 3.05) is 7.11 Å². The number of fused-ring (bicyclic) bond motifs is 1. The van der Waals surface area contributed by atoms with E-state index in [2.05, 4.69) is 37.4 Å². The van der Waals surface area contributed by atoms with Crippen molar-refractivity contribution in [3.8, 4) is 0 Å². The number of benzene rings is 3. The highest BCUT2D eigenvalue weighted by Crippen LogP contribution is 2.42. The van der Waals surface area contributed by atoms with Crippen LogP contribution in [-0.2, 0) is 41.6 Å². The van der Waals surface area contributed by atoms with Crippen LogP contribution in [0.3, 0.4) is 0 Å². The second-order valence-corrected chi connectivity index (χ2v) is 17.1. The first-order valence-corrected chi connectivity index (χ1v) is 18.0. The number of hydrogen-bond donors (Lipinski definition) is 1. The normalized spacial score (nSPS) is 25.6. The lowest BCUT2D eigenvalue weighted by Gasteiger charge is -2.38. The molecule has 7 atom stereocenters. The SMILES string of the molecule is CO[C@H]1O[C@H]([C@H](OCc2ccccc2)[C@@H](OCc2ccccc2)[C@H](O)C[Si](C)(C)c2ccccc2)[C@@H]2OC(C)(C)O[C@H]12. The topological polar surface area (TPSA) is 75.6 Å². The summed E-state index contributed by atoms with van der Waals surface area (Å²) in [6, 6.07) is 31.0. The predicted molar refractivity (Wildman–Crippen MR) is 164 cm³/mol. The third-order valence-corrected chi connectivity index (χ3v) is 11.5. The summed E-state index contributed by atoms with van der Waals surface area (Å²) in [7, 11) is -0.461. The zero-order valence-corrected chi connectivity index (χ0v) is 26.2. The van der Waals surface area contributed by atoms with Crippen LogP contribution in [0.4, 0.5) is 0 Å². The molecule has 2 heterocycles. The molecule has 226 valence electrons. The molecule has 0 saturated carbocycles. The lowest BCUT2D eigenvalue weighted by molar-refractivity contribution is -0.253. The molecule has 0 unspecified atom stereocenters. The van der Waals surface area contributed by atoms with E-state index in [1.54, 1.807) is 7.11 Å². The van der Waals surface area contributed by atoms with E-state index in [1.165, 1.54) is 5.19 Å². The summed E-state index contributed by atoms with van der Waals surface area (Å²) in [5.74, 6) is -0.806. The highest BCUT2D eigenvalue weighted by molar-refractivity contribution is 6.89. The van der Waals surface area contributed by atoms with Gasteiger partial charge < -0.3 is 33.5 Å². The van der Waals surface area contributed by atoms with Gasteiger partial charge in [-0.1, -0.05) is 109 Å². The van der Waals surface area contributed by atoms with Gasteiger partial charge in [0.15, 0.2) is 12.1 Å². The molecule has 0 radical (unpaired) electrons. The standard InChI is InChI=1S/C34H44O7Si/c1-34(2)40-31-30(39-33(36-3)32(31)41-34)29(38-22-25-17-11-7-12-18-25)28(37-21-24-15-9-6-10-16-24)27(35)23-42(4,5)26-19-13-8-14-20-26/h6-20,27-33,35H,21-23H2,1-5H3/t27-,28+,29-,30-,31+,32+,33+/m1/s1. The zero-order valence-electron chi connectivity index (χ0n) is 25.2. The number of aliphatic hydroxyl groups is 1. The number of rotatable bonds is 13. The van der Waals surface area contributed by atoms with Gasteiger partial charge in [-0.2, -0.15) is 0 Å². The summed E-state index contributed by atoms with van der Waals surface area (Å²) < 4.78 is 38.0. The summed E-state index contributed by atoms with van der Waals surface area (Å²) >= 11 is 0. The average Bonchev–Trinajstić information content (AvgIpc) is 3.48. The first kappa shape index (κ1) is 31.0. The molecule has 2 aliphatic rings. The minimum Gasteiger partial charge on any atom is -0.391 e. The van der Waals surface area contributed by atoms with E-state index in [1.807, 2.05) is 80.6 Å².